The molecule has 0 aliphatic carbocycles. The molecule has 0 unspecified atom stereocenters. The maximum atomic E-state index is 12.0. The highest BCUT2D eigenvalue weighted by Gasteiger charge is 2.24. The number of rotatable bonds is 0. The second-order valence-corrected chi connectivity index (χ2v) is 5.47. The molecule has 1 aliphatic rings. The molecule has 6 nitrogen and oxygen atoms in total. The van der Waals surface area contributed by atoms with E-state index in [1.165, 1.54) is 0 Å². The summed E-state index contributed by atoms with van der Waals surface area (Å²) in [5, 5.41) is 0. The molecule has 0 aromatic carbocycles. The van der Waals surface area contributed by atoms with Crippen molar-refractivity contribution >= 4 is 11.9 Å². The van der Waals surface area contributed by atoms with Gasteiger partial charge in [0.25, 0.3) is 0 Å². The fourth-order valence-corrected chi connectivity index (χ4v) is 1.96. The number of imidazole rings is 1. The van der Waals surface area contributed by atoms with Gasteiger partial charge in [-0.2, -0.15) is 0 Å². The number of carbonyl (C=O) groups excluding carboxylic acids is 1. The molecule has 2 N–H and O–H groups in total. The Labute approximate surface area is 107 Å². The molecule has 1 aromatic rings. The van der Waals surface area contributed by atoms with E-state index >= 15 is 0 Å². The smallest absolute Gasteiger partial charge is 0.410 e. The van der Waals surface area contributed by atoms with Crippen molar-refractivity contribution in [3.63, 3.8) is 0 Å². The zero-order valence-corrected chi connectivity index (χ0v) is 11.1. The minimum absolute atomic E-state index is 0.271. The van der Waals surface area contributed by atoms with Gasteiger partial charge >= 0.3 is 6.09 Å². The van der Waals surface area contributed by atoms with Crippen molar-refractivity contribution in [2.45, 2.75) is 39.3 Å². The molecule has 0 spiro atoms. The SMILES string of the molecule is CC(C)(C)OC(=O)N1CCc2ncc(N)n2CC1. The largest absolute Gasteiger partial charge is 0.444 e. The number of nitrogen functional groups attached to an aromatic ring is 1. The summed E-state index contributed by atoms with van der Waals surface area (Å²) < 4.78 is 7.31. The lowest BCUT2D eigenvalue weighted by Gasteiger charge is -2.26. The zero-order chi connectivity index (χ0) is 13.3. The second-order valence-electron chi connectivity index (χ2n) is 5.47. The summed E-state index contributed by atoms with van der Waals surface area (Å²) in [6, 6.07) is 0. The maximum absolute atomic E-state index is 12.0. The molecule has 100 valence electrons. The van der Waals surface area contributed by atoms with Crippen molar-refractivity contribution in [1.82, 2.24) is 14.5 Å². The van der Waals surface area contributed by atoms with Crippen molar-refractivity contribution in [1.29, 1.82) is 0 Å². The minimum Gasteiger partial charge on any atom is -0.444 e. The number of carbonyl (C=O) groups is 1. The first-order valence-electron chi connectivity index (χ1n) is 6.14. The Balaban J connectivity index is 2.02. The Hall–Kier alpha value is -1.72. The Bertz CT molecular complexity index is 447. The molecule has 6 heteroatoms. The highest BCUT2D eigenvalue weighted by molar-refractivity contribution is 5.68. The predicted molar refractivity (Wildman–Crippen MR) is 68.2 cm³/mol. The summed E-state index contributed by atoms with van der Waals surface area (Å²) in [7, 11) is 0. The van der Waals surface area contributed by atoms with E-state index in [9.17, 15) is 4.79 Å². The first-order chi connectivity index (χ1) is 8.37. The Morgan fingerprint density at radius 3 is 2.78 bits per heavy atom. The summed E-state index contributed by atoms with van der Waals surface area (Å²) in [6.07, 6.45) is 2.10. The lowest BCUT2D eigenvalue weighted by atomic mass is 10.2. The van der Waals surface area contributed by atoms with E-state index in [1.807, 2.05) is 25.3 Å². The van der Waals surface area contributed by atoms with E-state index in [0.717, 1.165) is 5.82 Å². The number of hydrogen-bond donors (Lipinski definition) is 1. The van der Waals surface area contributed by atoms with Crippen LogP contribution in [0.3, 0.4) is 0 Å². The van der Waals surface area contributed by atoms with Gasteiger partial charge < -0.3 is 19.9 Å². The fraction of sp³-hybridized carbons (Fsp3) is 0.667. The van der Waals surface area contributed by atoms with E-state index in [1.54, 1.807) is 11.1 Å². The highest BCUT2D eigenvalue weighted by atomic mass is 16.6. The van der Waals surface area contributed by atoms with Gasteiger partial charge in [0.15, 0.2) is 0 Å². The topological polar surface area (TPSA) is 73.4 Å². The van der Waals surface area contributed by atoms with E-state index in [0.29, 0.717) is 31.9 Å². The molecule has 0 fully saturated rings. The highest BCUT2D eigenvalue weighted by Crippen LogP contribution is 2.15. The van der Waals surface area contributed by atoms with Crippen LogP contribution in [0.1, 0.15) is 26.6 Å². The lowest BCUT2D eigenvalue weighted by molar-refractivity contribution is 0.0254. The average molecular weight is 252 g/mol. The number of fused-ring (bicyclic) bond motifs is 1. The number of amides is 1. The number of hydrogen-bond acceptors (Lipinski definition) is 4. The standard InChI is InChI=1S/C12H20N4O2/c1-12(2,3)18-11(17)15-5-4-10-14-8-9(13)16(10)7-6-15/h8H,4-7,13H2,1-3H3. The van der Waals surface area contributed by atoms with Crippen LogP contribution in [0.5, 0.6) is 0 Å². The number of nitrogens with two attached hydrogens (primary N) is 1. The predicted octanol–water partition coefficient (Wildman–Crippen LogP) is 1.26. The maximum Gasteiger partial charge on any atom is 0.410 e. The van der Waals surface area contributed by atoms with Gasteiger partial charge in [-0.3, -0.25) is 0 Å². The van der Waals surface area contributed by atoms with Crippen LogP contribution in [-0.4, -0.2) is 39.2 Å². The molecular formula is C12H20N4O2. The van der Waals surface area contributed by atoms with E-state index < -0.39 is 5.60 Å². The molecule has 0 saturated carbocycles. The molecule has 18 heavy (non-hydrogen) atoms. The normalized spacial score (nSPS) is 16.1. The summed E-state index contributed by atoms with van der Waals surface area (Å²) in [4.78, 5) is 17.9. The Kier molecular flexibility index (Phi) is 3.19. The van der Waals surface area contributed by atoms with Crippen LogP contribution in [0, 0.1) is 0 Å². The molecule has 1 aromatic heterocycles. The van der Waals surface area contributed by atoms with Crippen LogP contribution in [0.15, 0.2) is 6.20 Å². The van der Waals surface area contributed by atoms with Crippen LogP contribution in [0.2, 0.25) is 0 Å². The van der Waals surface area contributed by atoms with Crippen LogP contribution in [0.4, 0.5) is 10.6 Å². The molecule has 0 bridgehead atoms. The van der Waals surface area contributed by atoms with Crippen molar-refractivity contribution in [3.05, 3.63) is 12.0 Å². The summed E-state index contributed by atoms with van der Waals surface area (Å²) in [5.74, 6) is 1.58. The third-order valence-corrected chi connectivity index (χ3v) is 2.82. The van der Waals surface area contributed by atoms with Crippen LogP contribution in [0.25, 0.3) is 0 Å². The van der Waals surface area contributed by atoms with Gasteiger partial charge in [-0.25, -0.2) is 9.78 Å². The third kappa shape index (κ3) is 2.75. The monoisotopic (exact) mass is 252 g/mol. The van der Waals surface area contributed by atoms with Crippen molar-refractivity contribution < 1.29 is 9.53 Å². The van der Waals surface area contributed by atoms with Gasteiger partial charge in [-0.05, 0) is 20.8 Å². The van der Waals surface area contributed by atoms with E-state index in [-0.39, 0.29) is 6.09 Å². The van der Waals surface area contributed by atoms with Crippen LogP contribution >= 0.6 is 0 Å². The van der Waals surface area contributed by atoms with Gasteiger partial charge in [0.05, 0.1) is 6.20 Å². The molecular weight excluding hydrogens is 232 g/mol. The van der Waals surface area contributed by atoms with Gasteiger partial charge in [-0.1, -0.05) is 0 Å². The second kappa shape index (κ2) is 4.51. The lowest BCUT2D eigenvalue weighted by Crippen LogP contribution is -2.38. The Morgan fingerprint density at radius 2 is 2.11 bits per heavy atom. The van der Waals surface area contributed by atoms with Crippen LogP contribution < -0.4 is 5.73 Å². The van der Waals surface area contributed by atoms with Gasteiger partial charge in [0, 0.05) is 26.1 Å². The minimum atomic E-state index is -0.462. The summed E-state index contributed by atoms with van der Waals surface area (Å²) in [5.41, 5.74) is 5.36. The van der Waals surface area contributed by atoms with Gasteiger partial charge in [-0.15, -0.1) is 0 Å². The van der Waals surface area contributed by atoms with Gasteiger partial charge in [0.1, 0.15) is 17.2 Å². The number of nitrogens with zero attached hydrogens (tertiary/aromatic N) is 3. The van der Waals surface area contributed by atoms with E-state index in [2.05, 4.69) is 4.98 Å². The van der Waals surface area contributed by atoms with Gasteiger partial charge in [0.2, 0.25) is 0 Å². The van der Waals surface area contributed by atoms with Crippen molar-refractivity contribution in [2.75, 3.05) is 18.8 Å². The summed E-state index contributed by atoms with van der Waals surface area (Å²) in [6.45, 7) is 7.48. The van der Waals surface area contributed by atoms with Crippen LogP contribution in [-0.2, 0) is 17.7 Å². The molecule has 0 atom stereocenters. The third-order valence-electron chi connectivity index (χ3n) is 2.82. The average Bonchev–Trinajstić information content (AvgIpc) is 2.48. The molecule has 0 radical (unpaired) electrons. The van der Waals surface area contributed by atoms with Crippen molar-refractivity contribution in [2.24, 2.45) is 0 Å². The number of anilines is 1. The van der Waals surface area contributed by atoms with Crippen molar-refractivity contribution in [3.8, 4) is 0 Å². The molecule has 0 saturated heterocycles. The Morgan fingerprint density at radius 1 is 1.39 bits per heavy atom. The summed E-state index contributed by atoms with van der Waals surface area (Å²) >= 11 is 0. The quantitative estimate of drug-likeness (QED) is 0.754. The first kappa shape index (κ1) is 12.7. The zero-order valence-electron chi connectivity index (χ0n) is 11.1. The molecule has 2 rings (SSSR count). The first-order valence-corrected chi connectivity index (χ1v) is 6.14. The number of aromatic nitrogens is 2. The molecule has 1 amide bonds. The van der Waals surface area contributed by atoms with E-state index in [4.69, 9.17) is 10.5 Å². The fourth-order valence-electron chi connectivity index (χ4n) is 1.96. The molecule has 2 heterocycles. The number of ether oxygens (including phenoxy) is 1. The molecule has 1 aliphatic heterocycles.